The van der Waals surface area contributed by atoms with E-state index in [1.165, 1.54) is 0 Å². The Morgan fingerprint density at radius 2 is 1.89 bits per heavy atom. The molecule has 0 aromatic heterocycles. The van der Waals surface area contributed by atoms with Crippen LogP contribution in [-0.2, 0) is 4.79 Å². The average molecular weight is 261 g/mol. The zero-order valence-electron chi connectivity index (χ0n) is 11.6. The second-order valence-corrected chi connectivity index (χ2v) is 5.51. The van der Waals surface area contributed by atoms with Crippen LogP contribution in [0.5, 0.6) is 5.75 Å². The van der Waals surface area contributed by atoms with E-state index in [4.69, 9.17) is 4.74 Å². The Bertz CT molecular complexity index is 491. The third-order valence-corrected chi connectivity index (χ3v) is 3.72. The molecule has 1 saturated heterocycles. The van der Waals surface area contributed by atoms with Crippen LogP contribution < -0.4 is 4.74 Å². The third kappa shape index (κ3) is 2.78. The fourth-order valence-electron chi connectivity index (χ4n) is 2.11. The number of amides is 1. The van der Waals surface area contributed by atoms with Crippen LogP contribution in [0.1, 0.15) is 30.6 Å². The van der Waals surface area contributed by atoms with Crippen molar-refractivity contribution in [2.75, 3.05) is 20.2 Å². The normalized spacial score (nSPS) is 18.3. The van der Waals surface area contributed by atoms with Gasteiger partial charge in [0.15, 0.2) is 5.78 Å². The molecule has 1 heterocycles. The topological polar surface area (TPSA) is 46.6 Å². The van der Waals surface area contributed by atoms with Crippen molar-refractivity contribution in [2.24, 2.45) is 5.41 Å². The molecule has 1 aromatic carbocycles. The number of likely N-dealkylation sites (tertiary alicyclic amines) is 1. The van der Waals surface area contributed by atoms with Crippen LogP contribution in [0.4, 0.5) is 0 Å². The monoisotopic (exact) mass is 261 g/mol. The van der Waals surface area contributed by atoms with Gasteiger partial charge in [-0.05, 0) is 30.7 Å². The lowest BCUT2D eigenvalue weighted by atomic mass is 9.81. The van der Waals surface area contributed by atoms with E-state index in [1.54, 1.807) is 36.3 Å². The fraction of sp³-hybridized carbons (Fsp3) is 0.467. The number of Topliss-reactive ketones (excluding diaryl/α,β-unsaturated/α-hetero) is 1. The van der Waals surface area contributed by atoms with Gasteiger partial charge in [-0.2, -0.15) is 0 Å². The fourth-order valence-corrected chi connectivity index (χ4v) is 2.11. The average Bonchev–Trinajstić information content (AvgIpc) is 2.41. The van der Waals surface area contributed by atoms with Crippen LogP contribution in [-0.4, -0.2) is 36.8 Å². The summed E-state index contributed by atoms with van der Waals surface area (Å²) >= 11 is 0. The Balaban J connectivity index is 2.10. The summed E-state index contributed by atoms with van der Waals surface area (Å²) < 4.78 is 5.06. The van der Waals surface area contributed by atoms with E-state index in [9.17, 15) is 9.59 Å². The SMILES string of the molecule is COc1ccc(C(=O)N2CCC(C)(C)C(=O)C2)cc1. The number of hydrogen-bond acceptors (Lipinski definition) is 3. The lowest BCUT2D eigenvalue weighted by Crippen LogP contribution is -2.47. The van der Waals surface area contributed by atoms with Gasteiger partial charge in [0.1, 0.15) is 5.75 Å². The van der Waals surface area contributed by atoms with E-state index < -0.39 is 0 Å². The highest BCUT2D eigenvalue weighted by atomic mass is 16.5. The largest absolute Gasteiger partial charge is 0.497 e. The van der Waals surface area contributed by atoms with Gasteiger partial charge in [-0.15, -0.1) is 0 Å². The molecule has 2 rings (SSSR count). The molecular formula is C15H19NO3. The van der Waals surface area contributed by atoms with Crippen LogP contribution in [0.15, 0.2) is 24.3 Å². The number of benzene rings is 1. The van der Waals surface area contributed by atoms with Crippen molar-refractivity contribution < 1.29 is 14.3 Å². The van der Waals surface area contributed by atoms with E-state index >= 15 is 0 Å². The van der Waals surface area contributed by atoms with Gasteiger partial charge in [-0.3, -0.25) is 9.59 Å². The van der Waals surface area contributed by atoms with Crippen molar-refractivity contribution in [3.05, 3.63) is 29.8 Å². The summed E-state index contributed by atoms with van der Waals surface area (Å²) in [6.07, 6.45) is 0.716. The van der Waals surface area contributed by atoms with Crippen LogP contribution in [0, 0.1) is 5.41 Å². The van der Waals surface area contributed by atoms with E-state index in [2.05, 4.69) is 0 Å². The quantitative estimate of drug-likeness (QED) is 0.819. The van der Waals surface area contributed by atoms with Gasteiger partial charge in [-0.25, -0.2) is 0 Å². The molecule has 1 amide bonds. The lowest BCUT2D eigenvalue weighted by Gasteiger charge is -2.35. The smallest absolute Gasteiger partial charge is 0.254 e. The molecular weight excluding hydrogens is 242 g/mol. The van der Waals surface area contributed by atoms with E-state index in [1.807, 2.05) is 13.8 Å². The number of carbonyl (C=O) groups is 2. The van der Waals surface area contributed by atoms with E-state index in [0.717, 1.165) is 0 Å². The van der Waals surface area contributed by atoms with Gasteiger partial charge in [0.05, 0.1) is 13.7 Å². The number of piperidine rings is 1. The zero-order valence-corrected chi connectivity index (χ0v) is 11.6. The van der Waals surface area contributed by atoms with Crippen LogP contribution in [0.25, 0.3) is 0 Å². The van der Waals surface area contributed by atoms with Crippen LogP contribution in [0.3, 0.4) is 0 Å². The molecule has 0 atom stereocenters. The summed E-state index contributed by atoms with van der Waals surface area (Å²) in [6.45, 7) is 4.70. The van der Waals surface area contributed by atoms with E-state index in [0.29, 0.717) is 24.3 Å². The van der Waals surface area contributed by atoms with Gasteiger partial charge in [0.25, 0.3) is 5.91 Å². The number of carbonyl (C=O) groups excluding carboxylic acids is 2. The maximum absolute atomic E-state index is 12.3. The first kappa shape index (κ1) is 13.6. The number of ether oxygens (including phenoxy) is 1. The minimum Gasteiger partial charge on any atom is -0.497 e. The first-order valence-corrected chi connectivity index (χ1v) is 6.41. The molecule has 102 valence electrons. The Kier molecular flexibility index (Phi) is 3.60. The number of nitrogens with zero attached hydrogens (tertiary/aromatic N) is 1. The highest BCUT2D eigenvalue weighted by Crippen LogP contribution is 2.27. The summed E-state index contributed by atoms with van der Waals surface area (Å²) in [4.78, 5) is 25.9. The predicted octanol–water partition coefficient (Wildman–Crippen LogP) is 2.14. The molecule has 1 aromatic rings. The molecule has 0 aliphatic carbocycles. The Morgan fingerprint density at radius 3 is 2.42 bits per heavy atom. The molecule has 4 nitrogen and oxygen atoms in total. The van der Waals surface area contributed by atoms with Gasteiger partial charge in [-0.1, -0.05) is 13.8 Å². The molecule has 0 N–H and O–H groups in total. The predicted molar refractivity (Wildman–Crippen MR) is 72.3 cm³/mol. The third-order valence-electron chi connectivity index (χ3n) is 3.72. The van der Waals surface area contributed by atoms with Crippen molar-refractivity contribution in [1.29, 1.82) is 0 Å². The summed E-state index contributed by atoms with van der Waals surface area (Å²) in [5, 5.41) is 0. The maximum Gasteiger partial charge on any atom is 0.254 e. The molecule has 0 unspecified atom stereocenters. The van der Waals surface area contributed by atoms with Gasteiger partial charge in [0.2, 0.25) is 0 Å². The summed E-state index contributed by atoms with van der Waals surface area (Å²) in [7, 11) is 1.59. The Hall–Kier alpha value is -1.84. The second kappa shape index (κ2) is 5.03. The highest BCUT2D eigenvalue weighted by Gasteiger charge is 2.35. The van der Waals surface area contributed by atoms with Gasteiger partial charge < -0.3 is 9.64 Å². The number of ketones is 1. The first-order valence-electron chi connectivity index (χ1n) is 6.41. The molecule has 1 aliphatic heterocycles. The van der Waals surface area contributed by atoms with Gasteiger partial charge >= 0.3 is 0 Å². The molecule has 0 radical (unpaired) electrons. The maximum atomic E-state index is 12.3. The van der Waals surface area contributed by atoms with Crippen molar-refractivity contribution in [1.82, 2.24) is 4.90 Å². The Labute approximate surface area is 113 Å². The summed E-state index contributed by atoms with van der Waals surface area (Å²) in [5.74, 6) is 0.750. The molecule has 0 spiro atoms. The van der Waals surface area contributed by atoms with Crippen LogP contribution >= 0.6 is 0 Å². The molecule has 19 heavy (non-hydrogen) atoms. The lowest BCUT2D eigenvalue weighted by molar-refractivity contribution is -0.130. The van der Waals surface area contributed by atoms with Crippen LogP contribution in [0.2, 0.25) is 0 Å². The highest BCUT2D eigenvalue weighted by molar-refractivity contribution is 5.98. The molecule has 0 bridgehead atoms. The van der Waals surface area contributed by atoms with Crippen molar-refractivity contribution in [3.8, 4) is 5.75 Å². The van der Waals surface area contributed by atoms with Crippen molar-refractivity contribution in [3.63, 3.8) is 0 Å². The minimum absolute atomic E-state index is 0.0912. The number of hydrogen-bond donors (Lipinski definition) is 0. The number of methoxy groups -OCH3 is 1. The molecule has 0 saturated carbocycles. The molecule has 1 fully saturated rings. The summed E-state index contributed by atoms with van der Waals surface area (Å²) in [5.41, 5.74) is 0.282. The summed E-state index contributed by atoms with van der Waals surface area (Å²) in [6, 6.07) is 6.96. The first-order chi connectivity index (χ1) is 8.94. The molecule has 1 aliphatic rings. The van der Waals surface area contributed by atoms with Gasteiger partial charge in [0, 0.05) is 17.5 Å². The minimum atomic E-state index is -0.309. The number of rotatable bonds is 2. The van der Waals surface area contributed by atoms with Crippen molar-refractivity contribution in [2.45, 2.75) is 20.3 Å². The Morgan fingerprint density at radius 1 is 1.26 bits per heavy atom. The standard InChI is InChI=1S/C15H19NO3/c1-15(2)8-9-16(10-13(15)17)14(18)11-4-6-12(19-3)7-5-11/h4-7H,8-10H2,1-3H3. The van der Waals surface area contributed by atoms with Crippen molar-refractivity contribution >= 4 is 11.7 Å². The molecule has 4 heteroatoms. The second-order valence-electron chi connectivity index (χ2n) is 5.51. The van der Waals surface area contributed by atoms with E-state index in [-0.39, 0.29) is 23.7 Å². The zero-order chi connectivity index (χ0) is 14.0.